The molecule has 0 aliphatic carbocycles. The number of anilines is 1. The summed E-state index contributed by atoms with van der Waals surface area (Å²) in [6.45, 7) is 2.36. The van der Waals surface area contributed by atoms with Crippen LogP contribution in [0.1, 0.15) is 37.7 Å². The van der Waals surface area contributed by atoms with Crippen LogP contribution >= 0.6 is 0 Å². The van der Waals surface area contributed by atoms with Crippen LogP contribution in [-0.4, -0.2) is 42.0 Å². The molecule has 1 aromatic heterocycles. The third-order valence-corrected chi connectivity index (χ3v) is 4.83. The average Bonchev–Trinajstić information content (AvgIpc) is 2.61. The summed E-state index contributed by atoms with van der Waals surface area (Å²) in [5.41, 5.74) is -0.726. The Balaban J connectivity index is 1.75. The molecule has 1 amide bonds. The fourth-order valence-electron chi connectivity index (χ4n) is 3.61. The zero-order valence-electron chi connectivity index (χ0n) is 13.6. The van der Waals surface area contributed by atoms with Crippen molar-refractivity contribution in [2.45, 2.75) is 38.3 Å². The van der Waals surface area contributed by atoms with Gasteiger partial charge in [0.15, 0.2) is 0 Å². The quantitative estimate of drug-likeness (QED) is 0.828. The molecule has 0 N–H and O–H groups in total. The fraction of sp³-hybridized carbons (Fsp3) is 0.647. The minimum atomic E-state index is -4.44. The summed E-state index contributed by atoms with van der Waals surface area (Å²) in [6.07, 6.45) is 1.55. The average molecular weight is 341 g/mol. The summed E-state index contributed by atoms with van der Waals surface area (Å²) in [5.74, 6) is -0.204. The van der Waals surface area contributed by atoms with Gasteiger partial charge in [0.25, 0.3) is 0 Å². The lowest BCUT2D eigenvalue weighted by Crippen LogP contribution is -2.47. The lowest BCUT2D eigenvalue weighted by molar-refractivity contribution is -0.137. The van der Waals surface area contributed by atoms with Crippen LogP contribution in [0.25, 0.3) is 0 Å². The van der Waals surface area contributed by atoms with E-state index in [1.54, 1.807) is 4.90 Å². The summed E-state index contributed by atoms with van der Waals surface area (Å²) in [7, 11) is 0. The van der Waals surface area contributed by atoms with Crippen molar-refractivity contribution in [2.24, 2.45) is 5.92 Å². The Kier molecular flexibility index (Phi) is 4.96. The van der Waals surface area contributed by atoms with Crippen LogP contribution in [0, 0.1) is 5.92 Å². The molecule has 1 atom stereocenters. The Hall–Kier alpha value is -1.79. The SMILES string of the molecule is O=C(C1CCCN(c2ncccc2C(F)(F)F)C1)N1CCCCC1. The van der Waals surface area contributed by atoms with E-state index in [9.17, 15) is 18.0 Å². The summed E-state index contributed by atoms with van der Waals surface area (Å²) < 4.78 is 39.6. The number of amides is 1. The standard InChI is InChI=1S/C17H22F3N3O/c18-17(19,20)14-7-4-8-21-15(14)23-11-5-6-13(12-23)16(24)22-9-2-1-3-10-22/h4,7-8,13H,1-3,5-6,9-12H2. The van der Waals surface area contributed by atoms with Crippen molar-refractivity contribution in [2.75, 3.05) is 31.1 Å². The molecule has 2 fully saturated rings. The number of carbonyl (C=O) groups is 1. The Morgan fingerprint density at radius 2 is 1.88 bits per heavy atom. The second-order valence-electron chi connectivity index (χ2n) is 6.54. The second-order valence-corrected chi connectivity index (χ2v) is 6.54. The number of alkyl halides is 3. The van der Waals surface area contributed by atoms with Gasteiger partial charge in [0.1, 0.15) is 5.82 Å². The van der Waals surface area contributed by atoms with E-state index < -0.39 is 11.7 Å². The van der Waals surface area contributed by atoms with Crippen molar-refractivity contribution in [1.82, 2.24) is 9.88 Å². The summed E-state index contributed by atoms with van der Waals surface area (Å²) in [6, 6.07) is 2.35. The maximum absolute atomic E-state index is 13.2. The van der Waals surface area contributed by atoms with Crippen LogP contribution in [-0.2, 0) is 11.0 Å². The van der Waals surface area contributed by atoms with Crippen molar-refractivity contribution < 1.29 is 18.0 Å². The summed E-state index contributed by atoms with van der Waals surface area (Å²) in [4.78, 5) is 20.1. The Bertz CT molecular complexity index is 585. The molecule has 2 aliphatic rings. The lowest BCUT2D eigenvalue weighted by Gasteiger charge is -2.37. The lowest BCUT2D eigenvalue weighted by atomic mass is 9.95. The molecule has 3 rings (SSSR count). The first-order chi connectivity index (χ1) is 11.5. The third-order valence-electron chi connectivity index (χ3n) is 4.83. The summed E-state index contributed by atoms with van der Waals surface area (Å²) >= 11 is 0. The minimum Gasteiger partial charge on any atom is -0.355 e. The molecule has 7 heteroatoms. The van der Waals surface area contributed by atoms with Gasteiger partial charge in [0.2, 0.25) is 5.91 Å². The number of carbonyl (C=O) groups excluding carboxylic acids is 1. The number of pyridine rings is 1. The van der Waals surface area contributed by atoms with E-state index >= 15 is 0 Å². The molecule has 2 aliphatic heterocycles. The summed E-state index contributed by atoms with van der Waals surface area (Å²) in [5, 5.41) is 0. The van der Waals surface area contributed by atoms with Gasteiger partial charge in [-0.1, -0.05) is 0 Å². The predicted octanol–water partition coefficient (Wildman–Crippen LogP) is 3.33. The molecule has 24 heavy (non-hydrogen) atoms. The highest BCUT2D eigenvalue weighted by atomic mass is 19.4. The van der Waals surface area contributed by atoms with Crippen LogP contribution in [0.5, 0.6) is 0 Å². The molecule has 132 valence electrons. The van der Waals surface area contributed by atoms with Crippen LogP contribution in [0.15, 0.2) is 18.3 Å². The maximum atomic E-state index is 13.2. The van der Waals surface area contributed by atoms with E-state index in [1.807, 2.05) is 4.90 Å². The topological polar surface area (TPSA) is 36.4 Å². The molecular weight excluding hydrogens is 319 g/mol. The fourth-order valence-corrected chi connectivity index (χ4v) is 3.61. The van der Waals surface area contributed by atoms with Crippen molar-refractivity contribution in [3.05, 3.63) is 23.9 Å². The molecule has 0 aromatic carbocycles. The molecule has 2 saturated heterocycles. The maximum Gasteiger partial charge on any atom is 0.419 e. The molecule has 0 bridgehead atoms. The number of hydrogen-bond donors (Lipinski definition) is 0. The molecule has 4 nitrogen and oxygen atoms in total. The van der Waals surface area contributed by atoms with Gasteiger partial charge in [0, 0.05) is 32.4 Å². The number of rotatable bonds is 2. The van der Waals surface area contributed by atoms with Gasteiger partial charge in [-0.2, -0.15) is 13.2 Å². The van der Waals surface area contributed by atoms with E-state index in [0.717, 1.165) is 44.8 Å². The van der Waals surface area contributed by atoms with Crippen molar-refractivity contribution in [1.29, 1.82) is 0 Å². The van der Waals surface area contributed by atoms with Gasteiger partial charge >= 0.3 is 6.18 Å². The monoisotopic (exact) mass is 341 g/mol. The highest BCUT2D eigenvalue weighted by molar-refractivity contribution is 5.80. The first-order valence-corrected chi connectivity index (χ1v) is 8.53. The van der Waals surface area contributed by atoms with Crippen LogP contribution in [0.3, 0.4) is 0 Å². The van der Waals surface area contributed by atoms with Crippen LogP contribution in [0.4, 0.5) is 19.0 Å². The molecule has 0 spiro atoms. The van der Waals surface area contributed by atoms with E-state index in [2.05, 4.69) is 4.98 Å². The molecule has 0 radical (unpaired) electrons. The van der Waals surface area contributed by atoms with Gasteiger partial charge in [-0.15, -0.1) is 0 Å². The molecule has 1 unspecified atom stereocenters. The number of hydrogen-bond acceptors (Lipinski definition) is 3. The number of likely N-dealkylation sites (tertiary alicyclic amines) is 1. The van der Waals surface area contributed by atoms with Crippen molar-refractivity contribution in [3.63, 3.8) is 0 Å². The Morgan fingerprint density at radius 3 is 2.58 bits per heavy atom. The van der Waals surface area contributed by atoms with E-state index in [4.69, 9.17) is 0 Å². The number of piperidine rings is 2. The number of nitrogens with zero attached hydrogens (tertiary/aromatic N) is 3. The molecular formula is C17H22F3N3O. The number of aromatic nitrogens is 1. The van der Waals surface area contributed by atoms with E-state index in [-0.39, 0.29) is 17.6 Å². The minimum absolute atomic E-state index is 0.0545. The Labute approximate surface area is 139 Å². The number of halogens is 3. The normalized spacial score (nSPS) is 22.5. The van der Waals surface area contributed by atoms with Gasteiger partial charge in [-0.25, -0.2) is 4.98 Å². The van der Waals surface area contributed by atoms with E-state index in [0.29, 0.717) is 19.5 Å². The highest BCUT2D eigenvalue weighted by Crippen LogP contribution is 2.36. The largest absolute Gasteiger partial charge is 0.419 e. The van der Waals surface area contributed by atoms with Crippen molar-refractivity contribution in [3.8, 4) is 0 Å². The second kappa shape index (κ2) is 6.99. The zero-order chi connectivity index (χ0) is 17.2. The highest BCUT2D eigenvalue weighted by Gasteiger charge is 2.38. The van der Waals surface area contributed by atoms with Gasteiger partial charge in [-0.05, 0) is 44.2 Å². The van der Waals surface area contributed by atoms with Gasteiger partial charge in [0.05, 0.1) is 11.5 Å². The van der Waals surface area contributed by atoms with Crippen molar-refractivity contribution >= 4 is 11.7 Å². The van der Waals surface area contributed by atoms with E-state index in [1.165, 1.54) is 12.3 Å². The smallest absolute Gasteiger partial charge is 0.355 e. The third kappa shape index (κ3) is 3.65. The molecule has 3 heterocycles. The molecule has 1 aromatic rings. The first-order valence-electron chi connectivity index (χ1n) is 8.53. The predicted molar refractivity (Wildman–Crippen MR) is 84.6 cm³/mol. The zero-order valence-corrected chi connectivity index (χ0v) is 13.6. The first kappa shape index (κ1) is 17.0. The Morgan fingerprint density at radius 1 is 1.12 bits per heavy atom. The van der Waals surface area contributed by atoms with Gasteiger partial charge in [-0.3, -0.25) is 4.79 Å². The van der Waals surface area contributed by atoms with Crippen LogP contribution < -0.4 is 4.90 Å². The van der Waals surface area contributed by atoms with Gasteiger partial charge < -0.3 is 9.80 Å². The van der Waals surface area contributed by atoms with Crippen LogP contribution in [0.2, 0.25) is 0 Å². The molecule has 0 saturated carbocycles.